The Hall–Kier alpha value is -2.23. The summed E-state index contributed by atoms with van der Waals surface area (Å²) in [6.07, 6.45) is 0. The number of anilines is 1. The van der Waals surface area contributed by atoms with Gasteiger partial charge < -0.3 is 14.8 Å². The average molecular weight is 273 g/mol. The molecule has 1 N–H and O–H groups in total. The van der Waals surface area contributed by atoms with E-state index in [2.05, 4.69) is 5.32 Å². The van der Waals surface area contributed by atoms with Gasteiger partial charge in [-0.2, -0.15) is 0 Å². The number of halogens is 1. The van der Waals surface area contributed by atoms with Crippen molar-refractivity contribution in [1.82, 2.24) is 0 Å². The second-order valence-corrected chi connectivity index (χ2v) is 4.81. The minimum absolute atomic E-state index is 0.234. The third-order valence-corrected chi connectivity index (χ3v) is 3.17. The molecular weight excluding hydrogens is 257 g/mol. The Morgan fingerprint density at radius 2 is 2.00 bits per heavy atom. The maximum absolute atomic E-state index is 13.3. The summed E-state index contributed by atoms with van der Waals surface area (Å²) in [6.45, 7) is 3.57. The number of aryl methyl sites for hydroxylation is 1. The number of fused-ring (bicyclic) bond motifs is 1. The molecule has 4 heteroatoms. The van der Waals surface area contributed by atoms with Crippen LogP contribution in [0.15, 0.2) is 36.4 Å². The lowest BCUT2D eigenvalue weighted by molar-refractivity contribution is 0.170. The molecule has 0 aliphatic carbocycles. The maximum atomic E-state index is 13.3. The summed E-state index contributed by atoms with van der Waals surface area (Å²) < 4.78 is 24.5. The van der Waals surface area contributed by atoms with E-state index >= 15 is 0 Å². The van der Waals surface area contributed by atoms with Crippen LogP contribution in [0.3, 0.4) is 0 Å². The van der Waals surface area contributed by atoms with E-state index in [1.165, 1.54) is 12.1 Å². The lowest BCUT2D eigenvalue weighted by Crippen LogP contribution is -2.17. The lowest BCUT2D eigenvalue weighted by Gasteiger charge is -2.21. The number of hydrogen-bond donors (Lipinski definition) is 1. The smallest absolute Gasteiger partial charge is 0.166 e. The Kier molecular flexibility index (Phi) is 3.46. The quantitative estimate of drug-likeness (QED) is 0.928. The Labute approximate surface area is 117 Å². The number of ether oxygens (including phenoxy) is 2. The summed E-state index contributed by atoms with van der Waals surface area (Å²) in [6, 6.07) is 10.7. The molecule has 0 atom stereocenters. The molecule has 104 valence electrons. The van der Waals surface area contributed by atoms with Crippen molar-refractivity contribution in [2.45, 2.75) is 13.5 Å². The second-order valence-electron chi connectivity index (χ2n) is 4.81. The van der Waals surface area contributed by atoms with Crippen molar-refractivity contribution in [2.75, 3.05) is 18.5 Å². The standard InChI is InChI=1S/C16H16FNO2/c1-11-7-13(17)9-14(8-11)18-10-12-3-2-4-15-16(12)20-6-5-19-15/h2-4,7-9,18H,5-6,10H2,1H3. The van der Waals surface area contributed by atoms with E-state index in [1.807, 2.05) is 31.2 Å². The Morgan fingerprint density at radius 1 is 1.15 bits per heavy atom. The highest BCUT2D eigenvalue weighted by Crippen LogP contribution is 2.33. The third-order valence-electron chi connectivity index (χ3n) is 3.17. The molecule has 20 heavy (non-hydrogen) atoms. The van der Waals surface area contributed by atoms with Crippen molar-refractivity contribution in [3.63, 3.8) is 0 Å². The molecular formula is C16H16FNO2. The molecule has 1 aliphatic rings. The minimum atomic E-state index is -0.234. The Bertz CT molecular complexity index is 608. The van der Waals surface area contributed by atoms with Crippen molar-refractivity contribution < 1.29 is 13.9 Å². The fraction of sp³-hybridized carbons (Fsp3) is 0.250. The van der Waals surface area contributed by atoms with Crippen LogP contribution in [0.4, 0.5) is 10.1 Å². The van der Waals surface area contributed by atoms with Crippen LogP contribution >= 0.6 is 0 Å². The first kappa shape index (κ1) is 12.8. The van der Waals surface area contributed by atoms with Crippen LogP contribution in [0.25, 0.3) is 0 Å². The normalized spacial score (nSPS) is 13.1. The minimum Gasteiger partial charge on any atom is -0.486 e. The molecule has 0 bridgehead atoms. The first-order chi connectivity index (χ1) is 9.72. The molecule has 0 saturated carbocycles. The monoisotopic (exact) mass is 273 g/mol. The number of hydrogen-bond acceptors (Lipinski definition) is 3. The summed E-state index contributed by atoms with van der Waals surface area (Å²) in [5.41, 5.74) is 2.66. The Morgan fingerprint density at radius 3 is 2.85 bits per heavy atom. The van der Waals surface area contributed by atoms with Gasteiger partial charge in [0.1, 0.15) is 19.0 Å². The van der Waals surface area contributed by atoms with E-state index in [4.69, 9.17) is 9.47 Å². The summed E-state index contributed by atoms with van der Waals surface area (Å²) >= 11 is 0. The van der Waals surface area contributed by atoms with Gasteiger partial charge in [0.2, 0.25) is 0 Å². The SMILES string of the molecule is Cc1cc(F)cc(NCc2cccc3c2OCCO3)c1. The van der Waals surface area contributed by atoms with Crippen LogP contribution in [-0.4, -0.2) is 13.2 Å². The lowest BCUT2D eigenvalue weighted by atomic mass is 10.1. The van der Waals surface area contributed by atoms with Gasteiger partial charge in [-0.05, 0) is 36.8 Å². The number of rotatable bonds is 3. The molecule has 0 amide bonds. The van der Waals surface area contributed by atoms with Gasteiger partial charge in [-0.25, -0.2) is 4.39 Å². The predicted octanol–water partition coefficient (Wildman–Crippen LogP) is 3.52. The van der Waals surface area contributed by atoms with Gasteiger partial charge >= 0.3 is 0 Å². The number of nitrogens with one attached hydrogen (secondary N) is 1. The van der Waals surface area contributed by atoms with Crippen molar-refractivity contribution in [1.29, 1.82) is 0 Å². The molecule has 0 fully saturated rings. The third kappa shape index (κ3) is 2.69. The average Bonchev–Trinajstić information content (AvgIpc) is 2.44. The van der Waals surface area contributed by atoms with E-state index < -0.39 is 0 Å². The maximum Gasteiger partial charge on any atom is 0.166 e. The summed E-state index contributed by atoms with van der Waals surface area (Å²) in [5, 5.41) is 3.22. The zero-order chi connectivity index (χ0) is 13.9. The van der Waals surface area contributed by atoms with Crippen molar-refractivity contribution in [3.05, 3.63) is 53.3 Å². The molecule has 0 aromatic heterocycles. The fourth-order valence-corrected chi connectivity index (χ4v) is 2.31. The van der Waals surface area contributed by atoms with E-state index in [1.54, 1.807) is 0 Å². The van der Waals surface area contributed by atoms with Crippen LogP contribution in [0.1, 0.15) is 11.1 Å². The van der Waals surface area contributed by atoms with Gasteiger partial charge in [0.15, 0.2) is 11.5 Å². The summed E-state index contributed by atoms with van der Waals surface area (Å²) in [5.74, 6) is 1.31. The second kappa shape index (κ2) is 5.41. The molecule has 0 spiro atoms. The van der Waals surface area contributed by atoms with Crippen molar-refractivity contribution in [2.24, 2.45) is 0 Å². The molecule has 0 radical (unpaired) electrons. The van der Waals surface area contributed by atoms with Crippen LogP contribution in [0.2, 0.25) is 0 Å². The number of benzene rings is 2. The zero-order valence-electron chi connectivity index (χ0n) is 11.3. The van der Waals surface area contributed by atoms with E-state index in [0.29, 0.717) is 19.8 Å². The predicted molar refractivity (Wildman–Crippen MR) is 75.9 cm³/mol. The van der Waals surface area contributed by atoms with Gasteiger partial charge in [0.25, 0.3) is 0 Å². The fourth-order valence-electron chi connectivity index (χ4n) is 2.31. The largest absolute Gasteiger partial charge is 0.486 e. The molecule has 3 nitrogen and oxygen atoms in total. The van der Waals surface area contributed by atoms with E-state index in [9.17, 15) is 4.39 Å². The summed E-state index contributed by atoms with van der Waals surface area (Å²) in [4.78, 5) is 0. The van der Waals surface area contributed by atoms with Crippen LogP contribution in [0, 0.1) is 12.7 Å². The molecule has 0 saturated heterocycles. The highest BCUT2D eigenvalue weighted by atomic mass is 19.1. The zero-order valence-corrected chi connectivity index (χ0v) is 11.3. The number of para-hydroxylation sites is 1. The highest BCUT2D eigenvalue weighted by molar-refractivity contribution is 5.51. The molecule has 2 aromatic rings. The van der Waals surface area contributed by atoms with Gasteiger partial charge in [0.05, 0.1) is 0 Å². The van der Waals surface area contributed by atoms with Gasteiger partial charge in [-0.1, -0.05) is 12.1 Å². The molecule has 1 heterocycles. The molecule has 0 unspecified atom stereocenters. The molecule has 1 aliphatic heterocycles. The van der Waals surface area contributed by atoms with E-state index in [0.717, 1.165) is 28.3 Å². The van der Waals surface area contributed by atoms with E-state index in [-0.39, 0.29) is 5.82 Å². The van der Waals surface area contributed by atoms with Crippen LogP contribution in [-0.2, 0) is 6.54 Å². The Balaban J connectivity index is 1.78. The highest BCUT2D eigenvalue weighted by Gasteiger charge is 2.15. The van der Waals surface area contributed by atoms with Crippen LogP contribution < -0.4 is 14.8 Å². The van der Waals surface area contributed by atoms with Crippen molar-refractivity contribution >= 4 is 5.69 Å². The first-order valence-corrected chi connectivity index (χ1v) is 6.61. The van der Waals surface area contributed by atoms with Gasteiger partial charge in [-0.3, -0.25) is 0 Å². The van der Waals surface area contributed by atoms with Gasteiger partial charge in [-0.15, -0.1) is 0 Å². The van der Waals surface area contributed by atoms with Crippen molar-refractivity contribution in [3.8, 4) is 11.5 Å². The first-order valence-electron chi connectivity index (χ1n) is 6.61. The van der Waals surface area contributed by atoms with Crippen LogP contribution in [0.5, 0.6) is 11.5 Å². The molecule has 2 aromatic carbocycles. The topological polar surface area (TPSA) is 30.5 Å². The summed E-state index contributed by atoms with van der Waals surface area (Å²) in [7, 11) is 0. The molecule has 3 rings (SSSR count). The van der Waals surface area contributed by atoms with Gasteiger partial charge in [0, 0.05) is 17.8 Å².